The number of phenols is 1. The normalized spacial score (nSPS) is 21.1. The van der Waals surface area contributed by atoms with Crippen molar-refractivity contribution < 1.29 is 15.0 Å². The van der Waals surface area contributed by atoms with E-state index in [4.69, 9.17) is 0 Å². The molecule has 0 radical (unpaired) electrons. The molecule has 1 fully saturated rings. The van der Waals surface area contributed by atoms with E-state index in [-0.39, 0.29) is 30.1 Å². The van der Waals surface area contributed by atoms with Gasteiger partial charge in [0.25, 0.3) is 0 Å². The van der Waals surface area contributed by atoms with Crippen LogP contribution in [-0.2, 0) is 4.79 Å². The zero-order chi connectivity index (χ0) is 15.5. The van der Waals surface area contributed by atoms with Crippen molar-refractivity contribution >= 4 is 5.91 Å². The summed E-state index contributed by atoms with van der Waals surface area (Å²) in [7, 11) is 0. The number of aromatic hydroxyl groups is 1. The van der Waals surface area contributed by atoms with Crippen LogP contribution in [0.1, 0.15) is 29.5 Å². The van der Waals surface area contributed by atoms with Crippen LogP contribution in [0.3, 0.4) is 0 Å². The van der Waals surface area contributed by atoms with Gasteiger partial charge in [-0.2, -0.15) is 0 Å². The van der Waals surface area contributed by atoms with Crippen LogP contribution in [0.5, 0.6) is 5.75 Å². The minimum absolute atomic E-state index is 0.0198. The number of phenolic OH excluding ortho intramolecular Hbond substituents is 1. The van der Waals surface area contributed by atoms with Gasteiger partial charge in [0.15, 0.2) is 0 Å². The molecular formula is C18H19NO3. The highest BCUT2D eigenvalue weighted by atomic mass is 16.3. The Morgan fingerprint density at radius 3 is 2.45 bits per heavy atom. The van der Waals surface area contributed by atoms with E-state index < -0.39 is 6.04 Å². The molecule has 4 nitrogen and oxygen atoms in total. The molecule has 0 unspecified atom stereocenters. The first-order chi connectivity index (χ1) is 10.7. The monoisotopic (exact) mass is 297 g/mol. The maximum absolute atomic E-state index is 12.3. The third-order valence-electron chi connectivity index (χ3n) is 4.15. The summed E-state index contributed by atoms with van der Waals surface area (Å²) in [5.41, 5.74) is 1.97. The molecule has 0 aliphatic heterocycles. The molecule has 0 heterocycles. The highest BCUT2D eigenvalue weighted by Gasteiger charge is 2.44. The van der Waals surface area contributed by atoms with E-state index in [0.717, 1.165) is 12.0 Å². The zero-order valence-electron chi connectivity index (χ0n) is 12.1. The highest BCUT2D eigenvalue weighted by molar-refractivity contribution is 5.83. The quantitative estimate of drug-likeness (QED) is 0.793. The zero-order valence-corrected chi connectivity index (χ0v) is 12.1. The third kappa shape index (κ3) is 3.12. The molecule has 0 aromatic heterocycles. The van der Waals surface area contributed by atoms with Gasteiger partial charge in [-0.05, 0) is 35.6 Å². The van der Waals surface area contributed by atoms with E-state index in [0.29, 0.717) is 0 Å². The molecule has 3 N–H and O–H groups in total. The summed E-state index contributed by atoms with van der Waals surface area (Å²) in [6.45, 7) is -0.167. The van der Waals surface area contributed by atoms with E-state index >= 15 is 0 Å². The fourth-order valence-corrected chi connectivity index (χ4v) is 2.77. The molecule has 0 saturated heterocycles. The number of aliphatic hydroxyl groups is 1. The maximum Gasteiger partial charge on any atom is 0.224 e. The van der Waals surface area contributed by atoms with E-state index in [1.165, 1.54) is 5.56 Å². The molecule has 0 bridgehead atoms. The van der Waals surface area contributed by atoms with Crippen molar-refractivity contribution in [1.82, 2.24) is 5.32 Å². The Balaban J connectivity index is 1.63. The lowest BCUT2D eigenvalue weighted by Gasteiger charge is -2.17. The van der Waals surface area contributed by atoms with Gasteiger partial charge < -0.3 is 15.5 Å². The smallest absolute Gasteiger partial charge is 0.224 e. The summed E-state index contributed by atoms with van der Waals surface area (Å²) in [5, 5.41) is 21.7. The Kier molecular flexibility index (Phi) is 4.11. The van der Waals surface area contributed by atoms with Crippen LogP contribution in [-0.4, -0.2) is 22.7 Å². The standard InChI is InChI=1S/C18H19NO3/c20-11-17(13-6-8-14(21)9-7-13)19-18(22)16-10-15(16)12-4-2-1-3-5-12/h1-9,15-17,20-21H,10-11H2,(H,19,22)/t15-,16+,17+/m1/s1. The van der Waals surface area contributed by atoms with Crippen LogP contribution in [0.4, 0.5) is 0 Å². The number of carbonyl (C=O) groups is 1. The largest absolute Gasteiger partial charge is 0.508 e. The van der Waals surface area contributed by atoms with Gasteiger partial charge in [0, 0.05) is 5.92 Å². The lowest BCUT2D eigenvalue weighted by Crippen LogP contribution is -2.32. The van der Waals surface area contributed by atoms with Gasteiger partial charge >= 0.3 is 0 Å². The molecule has 1 aliphatic carbocycles. The molecular weight excluding hydrogens is 278 g/mol. The summed E-state index contributed by atoms with van der Waals surface area (Å²) in [4.78, 5) is 12.3. The molecule has 4 heteroatoms. The highest BCUT2D eigenvalue weighted by Crippen LogP contribution is 2.47. The van der Waals surface area contributed by atoms with Crippen molar-refractivity contribution in [3.63, 3.8) is 0 Å². The van der Waals surface area contributed by atoms with Crippen molar-refractivity contribution in [2.75, 3.05) is 6.61 Å². The van der Waals surface area contributed by atoms with Gasteiger partial charge in [-0.3, -0.25) is 4.79 Å². The number of aliphatic hydroxyl groups excluding tert-OH is 1. The fourth-order valence-electron chi connectivity index (χ4n) is 2.77. The number of nitrogens with one attached hydrogen (secondary N) is 1. The van der Waals surface area contributed by atoms with Crippen LogP contribution in [0, 0.1) is 5.92 Å². The number of hydrogen-bond acceptors (Lipinski definition) is 3. The Morgan fingerprint density at radius 2 is 1.82 bits per heavy atom. The minimum Gasteiger partial charge on any atom is -0.508 e. The molecule has 1 saturated carbocycles. The van der Waals surface area contributed by atoms with E-state index in [1.54, 1.807) is 24.3 Å². The van der Waals surface area contributed by atoms with Gasteiger partial charge in [-0.1, -0.05) is 42.5 Å². The van der Waals surface area contributed by atoms with Crippen LogP contribution in [0.2, 0.25) is 0 Å². The number of rotatable bonds is 5. The second-order valence-corrected chi connectivity index (χ2v) is 5.69. The second-order valence-electron chi connectivity index (χ2n) is 5.69. The number of amides is 1. The first-order valence-corrected chi connectivity index (χ1v) is 7.44. The number of hydrogen-bond donors (Lipinski definition) is 3. The van der Waals surface area contributed by atoms with Gasteiger partial charge in [-0.25, -0.2) is 0 Å². The Bertz CT molecular complexity index is 639. The van der Waals surface area contributed by atoms with Crippen LogP contribution < -0.4 is 5.32 Å². The van der Waals surface area contributed by atoms with Crippen molar-refractivity contribution in [3.8, 4) is 5.75 Å². The van der Waals surface area contributed by atoms with Gasteiger partial charge in [-0.15, -0.1) is 0 Å². The third-order valence-corrected chi connectivity index (χ3v) is 4.15. The van der Waals surface area contributed by atoms with Gasteiger partial charge in [0.2, 0.25) is 5.91 Å². The van der Waals surface area contributed by atoms with Crippen molar-refractivity contribution in [2.45, 2.75) is 18.4 Å². The van der Waals surface area contributed by atoms with Gasteiger partial charge in [0.05, 0.1) is 12.6 Å². The first-order valence-electron chi connectivity index (χ1n) is 7.44. The summed E-state index contributed by atoms with van der Waals surface area (Å²) < 4.78 is 0. The van der Waals surface area contributed by atoms with Crippen molar-refractivity contribution in [3.05, 3.63) is 65.7 Å². The first kappa shape index (κ1) is 14.6. The van der Waals surface area contributed by atoms with Gasteiger partial charge in [0.1, 0.15) is 5.75 Å². The molecule has 1 aliphatic rings. The number of benzene rings is 2. The maximum atomic E-state index is 12.3. The molecule has 0 spiro atoms. The lowest BCUT2D eigenvalue weighted by atomic mass is 10.1. The Labute approximate surface area is 129 Å². The molecule has 2 aromatic carbocycles. The molecule has 3 rings (SSSR count). The van der Waals surface area contributed by atoms with Crippen LogP contribution >= 0.6 is 0 Å². The molecule has 2 aromatic rings. The summed E-state index contributed by atoms with van der Waals surface area (Å²) in [6, 6.07) is 16.1. The molecule has 114 valence electrons. The summed E-state index contributed by atoms with van der Waals surface area (Å²) >= 11 is 0. The topological polar surface area (TPSA) is 69.6 Å². The lowest BCUT2D eigenvalue weighted by molar-refractivity contribution is -0.123. The SMILES string of the molecule is O=C(N[C@@H](CO)c1ccc(O)cc1)[C@H]1C[C@@H]1c1ccccc1. The van der Waals surface area contributed by atoms with E-state index in [1.807, 2.05) is 30.3 Å². The molecule has 3 atom stereocenters. The average molecular weight is 297 g/mol. The van der Waals surface area contributed by atoms with Crippen LogP contribution in [0.15, 0.2) is 54.6 Å². The Morgan fingerprint density at radius 1 is 1.14 bits per heavy atom. The average Bonchev–Trinajstić information content (AvgIpc) is 3.35. The van der Waals surface area contributed by atoms with Crippen molar-refractivity contribution in [2.24, 2.45) is 5.92 Å². The predicted molar refractivity (Wildman–Crippen MR) is 83.4 cm³/mol. The minimum atomic E-state index is -0.440. The molecule has 22 heavy (non-hydrogen) atoms. The summed E-state index contributed by atoms with van der Waals surface area (Å²) in [5.74, 6) is 0.396. The predicted octanol–water partition coefficient (Wildman–Crippen LogP) is 2.35. The van der Waals surface area contributed by atoms with Crippen molar-refractivity contribution in [1.29, 1.82) is 0 Å². The molecule has 1 amide bonds. The number of carbonyl (C=O) groups excluding carboxylic acids is 1. The summed E-state index contributed by atoms with van der Waals surface area (Å²) in [6.07, 6.45) is 0.851. The second kappa shape index (κ2) is 6.20. The van der Waals surface area contributed by atoms with E-state index in [9.17, 15) is 15.0 Å². The van der Waals surface area contributed by atoms with Crippen LogP contribution in [0.25, 0.3) is 0 Å². The fraction of sp³-hybridized carbons (Fsp3) is 0.278. The Hall–Kier alpha value is -2.33. The van der Waals surface area contributed by atoms with E-state index in [2.05, 4.69) is 5.32 Å².